The van der Waals surface area contributed by atoms with Crippen LogP contribution in [-0.2, 0) is 28.6 Å². The molecule has 2 heterocycles. The molecule has 1 atom stereocenters. The molecule has 9 heteroatoms. The highest BCUT2D eigenvalue weighted by molar-refractivity contribution is 6.21. The average Bonchev–Trinajstić information content (AvgIpc) is 3.20. The van der Waals surface area contributed by atoms with E-state index in [0.717, 1.165) is 0 Å². The summed E-state index contributed by atoms with van der Waals surface area (Å²) in [7, 11) is 1.19. The Balaban J connectivity index is 2.02. The van der Waals surface area contributed by atoms with Gasteiger partial charge in [-0.1, -0.05) is 13.8 Å². The number of anilines is 1. The summed E-state index contributed by atoms with van der Waals surface area (Å²) >= 11 is 0. The van der Waals surface area contributed by atoms with E-state index >= 15 is 0 Å². The first-order chi connectivity index (χ1) is 13.5. The summed E-state index contributed by atoms with van der Waals surface area (Å²) in [6.07, 6.45) is 1.14. The van der Waals surface area contributed by atoms with Gasteiger partial charge in [0, 0.05) is 11.8 Å². The Hall–Kier alpha value is -2.97. The van der Waals surface area contributed by atoms with Crippen molar-refractivity contribution in [3.8, 4) is 11.5 Å². The lowest BCUT2D eigenvalue weighted by Crippen LogP contribution is -2.43. The summed E-state index contributed by atoms with van der Waals surface area (Å²) in [5.41, 5.74) is -1.51. The van der Waals surface area contributed by atoms with E-state index < -0.39 is 29.5 Å². The molecule has 0 spiro atoms. The molecule has 0 aliphatic carbocycles. The largest absolute Gasteiger partial charge is 0.467 e. The summed E-state index contributed by atoms with van der Waals surface area (Å²) in [6.45, 7) is 3.96. The van der Waals surface area contributed by atoms with Crippen molar-refractivity contribution >= 4 is 23.6 Å². The van der Waals surface area contributed by atoms with E-state index in [-0.39, 0.29) is 20.0 Å². The standard InChI is InChI=1S/C19H23NO8/c1-4-8-25-17(22)19(18(23)26-9-5-2)15(16(21)24-3)20(19)12-6-7-13-14(10-12)28-11-27-13/h6-7,10,15H,4-5,8-9,11H2,1-3H3. The van der Waals surface area contributed by atoms with Crippen LogP contribution in [0, 0.1) is 0 Å². The predicted octanol–water partition coefficient (Wildman–Crippen LogP) is 1.42. The van der Waals surface area contributed by atoms with Gasteiger partial charge in [-0.25, -0.2) is 14.4 Å². The van der Waals surface area contributed by atoms with Crippen molar-refractivity contribution in [3.05, 3.63) is 18.2 Å². The lowest BCUT2D eigenvalue weighted by molar-refractivity contribution is -0.161. The maximum Gasteiger partial charge on any atom is 0.346 e. The second-order valence-electron chi connectivity index (χ2n) is 6.37. The lowest BCUT2D eigenvalue weighted by Gasteiger charge is -2.16. The van der Waals surface area contributed by atoms with Gasteiger partial charge in [0.2, 0.25) is 6.79 Å². The van der Waals surface area contributed by atoms with Crippen molar-refractivity contribution in [1.29, 1.82) is 0 Å². The van der Waals surface area contributed by atoms with Crippen molar-refractivity contribution in [3.63, 3.8) is 0 Å². The monoisotopic (exact) mass is 393 g/mol. The molecule has 3 rings (SSSR count). The molecule has 0 bridgehead atoms. The van der Waals surface area contributed by atoms with Crippen LogP contribution in [-0.4, -0.2) is 56.6 Å². The zero-order valence-electron chi connectivity index (χ0n) is 16.1. The van der Waals surface area contributed by atoms with Crippen molar-refractivity contribution < 1.29 is 38.1 Å². The Morgan fingerprint density at radius 3 is 2.25 bits per heavy atom. The van der Waals surface area contributed by atoms with Crippen LogP contribution in [0.5, 0.6) is 11.5 Å². The molecule has 9 nitrogen and oxygen atoms in total. The number of rotatable bonds is 8. The number of benzene rings is 1. The van der Waals surface area contributed by atoms with Gasteiger partial charge in [0.1, 0.15) is 0 Å². The number of carbonyl (C=O) groups is 3. The highest BCUT2D eigenvalue weighted by atomic mass is 16.7. The van der Waals surface area contributed by atoms with E-state index in [9.17, 15) is 14.4 Å². The third-order valence-electron chi connectivity index (χ3n) is 4.52. The number of fused-ring (bicyclic) bond motifs is 1. The summed E-state index contributed by atoms with van der Waals surface area (Å²) in [5, 5.41) is 0. The maximum absolute atomic E-state index is 12.9. The zero-order valence-corrected chi connectivity index (χ0v) is 16.1. The fourth-order valence-electron chi connectivity index (χ4n) is 3.18. The van der Waals surface area contributed by atoms with Crippen LogP contribution in [0.3, 0.4) is 0 Å². The molecule has 1 aromatic carbocycles. The summed E-state index contributed by atoms with van der Waals surface area (Å²) in [6, 6.07) is 3.68. The van der Waals surface area contributed by atoms with Crippen molar-refractivity contribution in [1.82, 2.24) is 0 Å². The molecule has 0 amide bonds. The molecule has 2 aliphatic rings. The fraction of sp³-hybridized carbons (Fsp3) is 0.526. The molecule has 0 saturated carbocycles. The molecular weight excluding hydrogens is 370 g/mol. The topological polar surface area (TPSA) is 100 Å². The third kappa shape index (κ3) is 3.10. The first-order valence-electron chi connectivity index (χ1n) is 9.13. The molecule has 1 saturated heterocycles. The van der Waals surface area contributed by atoms with Gasteiger partial charge in [-0.2, -0.15) is 0 Å². The van der Waals surface area contributed by atoms with Crippen LogP contribution >= 0.6 is 0 Å². The van der Waals surface area contributed by atoms with Gasteiger partial charge < -0.3 is 28.6 Å². The number of esters is 3. The van der Waals surface area contributed by atoms with Gasteiger partial charge in [-0.05, 0) is 25.0 Å². The molecule has 0 N–H and O–H groups in total. The van der Waals surface area contributed by atoms with Gasteiger partial charge in [0.15, 0.2) is 17.5 Å². The van der Waals surface area contributed by atoms with Crippen LogP contribution in [0.4, 0.5) is 5.69 Å². The average molecular weight is 393 g/mol. The summed E-state index contributed by atoms with van der Waals surface area (Å²) < 4.78 is 26.0. The van der Waals surface area contributed by atoms with Crippen molar-refractivity contribution in [2.75, 3.05) is 32.0 Å². The smallest absolute Gasteiger partial charge is 0.346 e. The van der Waals surface area contributed by atoms with Crippen LogP contribution in [0.15, 0.2) is 18.2 Å². The van der Waals surface area contributed by atoms with Crippen LogP contribution in [0.2, 0.25) is 0 Å². The number of carbonyl (C=O) groups excluding carboxylic acids is 3. The van der Waals surface area contributed by atoms with Crippen LogP contribution in [0.1, 0.15) is 26.7 Å². The van der Waals surface area contributed by atoms with E-state index in [4.69, 9.17) is 23.7 Å². The number of hydrogen-bond acceptors (Lipinski definition) is 9. The first-order valence-corrected chi connectivity index (χ1v) is 9.13. The Labute approximate surface area is 162 Å². The second-order valence-corrected chi connectivity index (χ2v) is 6.37. The SMILES string of the molecule is CCCOC(=O)C1(C(=O)OCCC)C(C(=O)OC)N1c1ccc2c(c1)OCO2. The van der Waals surface area contributed by atoms with Gasteiger partial charge >= 0.3 is 17.9 Å². The highest BCUT2D eigenvalue weighted by Gasteiger charge is 2.79. The second kappa shape index (κ2) is 7.95. The summed E-state index contributed by atoms with van der Waals surface area (Å²) in [4.78, 5) is 39.6. The fourth-order valence-corrected chi connectivity index (χ4v) is 3.18. The van der Waals surface area contributed by atoms with Crippen LogP contribution < -0.4 is 14.4 Å². The number of methoxy groups -OCH3 is 1. The van der Waals surface area contributed by atoms with Crippen LogP contribution in [0.25, 0.3) is 0 Å². The number of ether oxygens (including phenoxy) is 5. The lowest BCUT2D eigenvalue weighted by atomic mass is 10.1. The molecule has 1 fully saturated rings. The van der Waals surface area contributed by atoms with Gasteiger partial charge in [0.05, 0.1) is 20.3 Å². The van der Waals surface area contributed by atoms with Crippen molar-refractivity contribution in [2.24, 2.45) is 0 Å². The number of nitrogens with zero attached hydrogens (tertiary/aromatic N) is 1. The van der Waals surface area contributed by atoms with Gasteiger partial charge in [0.25, 0.3) is 5.54 Å². The normalized spacial score (nSPS) is 18.4. The molecule has 2 aliphatic heterocycles. The molecule has 0 aromatic heterocycles. The van der Waals surface area contributed by atoms with E-state index in [1.54, 1.807) is 18.2 Å². The van der Waals surface area contributed by atoms with E-state index in [2.05, 4.69) is 0 Å². The van der Waals surface area contributed by atoms with E-state index in [1.807, 2.05) is 13.8 Å². The Kier molecular flexibility index (Phi) is 5.62. The first kappa shape index (κ1) is 19.8. The zero-order chi connectivity index (χ0) is 20.3. The molecule has 1 unspecified atom stereocenters. The minimum absolute atomic E-state index is 0.0709. The molecule has 152 valence electrons. The minimum Gasteiger partial charge on any atom is -0.467 e. The van der Waals surface area contributed by atoms with Gasteiger partial charge in [-0.15, -0.1) is 0 Å². The Morgan fingerprint density at radius 2 is 1.68 bits per heavy atom. The Morgan fingerprint density at radius 1 is 1.07 bits per heavy atom. The highest BCUT2D eigenvalue weighted by Crippen LogP contribution is 2.50. The number of hydrogen-bond donors (Lipinski definition) is 0. The maximum atomic E-state index is 12.9. The molecule has 0 radical (unpaired) electrons. The molecule has 28 heavy (non-hydrogen) atoms. The predicted molar refractivity (Wildman–Crippen MR) is 96.1 cm³/mol. The minimum atomic E-state index is -1.93. The van der Waals surface area contributed by atoms with E-state index in [0.29, 0.717) is 30.0 Å². The third-order valence-corrected chi connectivity index (χ3v) is 4.52. The van der Waals surface area contributed by atoms with Crippen molar-refractivity contribution in [2.45, 2.75) is 38.3 Å². The van der Waals surface area contributed by atoms with E-state index in [1.165, 1.54) is 12.0 Å². The molecule has 1 aromatic rings. The Bertz CT molecular complexity index is 757. The quantitative estimate of drug-likeness (QED) is 0.281. The van der Waals surface area contributed by atoms with Gasteiger partial charge in [-0.3, -0.25) is 0 Å². The molecular formula is C19H23NO8. The summed E-state index contributed by atoms with van der Waals surface area (Å²) in [5.74, 6) is -1.44.